The van der Waals surface area contributed by atoms with Crippen molar-refractivity contribution in [2.24, 2.45) is 0 Å². The van der Waals surface area contributed by atoms with Crippen molar-refractivity contribution in [3.05, 3.63) is 35.6 Å². The van der Waals surface area contributed by atoms with Gasteiger partial charge in [0, 0.05) is 43.9 Å². The fraction of sp³-hybridized carbons (Fsp3) is 0.529. The quantitative estimate of drug-likeness (QED) is 0.836. The molecule has 0 radical (unpaired) electrons. The lowest BCUT2D eigenvalue weighted by atomic mass is 9.92. The van der Waals surface area contributed by atoms with Gasteiger partial charge in [0.15, 0.2) is 5.69 Å². The first-order valence-corrected chi connectivity index (χ1v) is 8.49. The number of carbonyl (C=O) groups excluding carboxylic acids is 1. The minimum absolute atomic E-state index is 0.153. The molecule has 1 fully saturated rings. The molecule has 8 nitrogen and oxygen atoms in total. The summed E-state index contributed by atoms with van der Waals surface area (Å²) in [6.45, 7) is 5.21. The molecule has 2 aromatic rings. The Balaban J connectivity index is 1.62. The average Bonchev–Trinajstić information content (AvgIpc) is 3.09. The van der Waals surface area contributed by atoms with E-state index in [0.29, 0.717) is 25.1 Å². The number of amides is 1. The van der Waals surface area contributed by atoms with Crippen LogP contribution in [0.15, 0.2) is 23.0 Å². The van der Waals surface area contributed by atoms with Gasteiger partial charge in [0.1, 0.15) is 17.9 Å². The maximum atomic E-state index is 12.2. The molecule has 0 aromatic carbocycles. The third kappa shape index (κ3) is 4.14. The highest BCUT2D eigenvalue weighted by Crippen LogP contribution is 2.24. The second kappa shape index (κ2) is 7.18. The number of nitrogens with zero attached hydrogens (tertiary/aromatic N) is 4. The molecule has 1 saturated heterocycles. The summed E-state index contributed by atoms with van der Waals surface area (Å²) in [5.41, 5.74) is 0.106. The van der Waals surface area contributed by atoms with Gasteiger partial charge in [-0.2, -0.15) is 0 Å². The summed E-state index contributed by atoms with van der Waals surface area (Å²) in [4.78, 5) is 22.6. The van der Waals surface area contributed by atoms with Crippen molar-refractivity contribution in [2.75, 3.05) is 24.5 Å². The zero-order valence-electron chi connectivity index (χ0n) is 14.5. The normalized spacial score (nSPS) is 20.5. The first-order chi connectivity index (χ1) is 12.0. The molecule has 0 aliphatic carbocycles. The largest absolute Gasteiger partial charge is 0.386 e. The standard InChI is InChI=1S/C17H23N5O3/c1-3-13-8-14(21-25-13)16(23)18-9-17(24)5-4-6-22(10-17)15-7-12(2)19-11-20-15/h7-8,11,24H,3-6,9-10H2,1-2H3,(H,18,23)/t17-/m0/s1. The van der Waals surface area contributed by atoms with Crippen LogP contribution in [0.1, 0.15) is 41.7 Å². The molecule has 8 heteroatoms. The van der Waals surface area contributed by atoms with Crippen LogP contribution in [0.25, 0.3) is 0 Å². The van der Waals surface area contributed by atoms with E-state index in [0.717, 1.165) is 24.5 Å². The zero-order chi connectivity index (χ0) is 17.9. The monoisotopic (exact) mass is 345 g/mol. The van der Waals surface area contributed by atoms with Crippen molar-refractivity contribution in [2.45, 2.75) is 38.7 Å². The molecule has 134 valence electrons. The van der Waals surface area contributed by atoms with E-state index >= 15 is 0 Å². The Morgan fingerprint density at radius 2 is 2.28 bits per heavy atom. The third-order valence-electron chi connectivity index (χ3n) is 4.39. The van der Waals surface area contributed by atoms with Gasteiger partial charge in [-0.15, -0.1) is 0 Å². The van der Waals surface area contributed by atoms with Crippen LogP contribution in [0.5, 0.6) is 0 Å². The number of rotatable bonds is 5. The topological polar surface area (TPSA) is 104 Å². The van der Waals surface area contributed by atoms with Gasteiger partial charge >= 0.3 is 0 Å². The highest BCUT2D eigenvalue weighted by atomic mass is 16.5. The van der Waals surface area contributed by atoms with Gasteiger partial charge in [-0.05, 0) is 19.8 Å². The summed E-state index contributed by atoms with van der Waals surface area (Å²) in [7, 11) is 0. The van der Waals surface area contributed by atoms with Crippen LogP contribution in [0.3, 0.4) is 0 Å². The zero-order valence-corrected chi connectivity index (χ0v) is 14.5. The van der Waals surface area contributed by atoms with Crippen LogP contribution in [0.2, 0.25) is 0 Å². The summed E-state index contributed by atoms with van der Waals surface area (Å²) >= 11 is 0. The van der Waals surface area contributed by atoms with Gasteiger partial charge < -0.3 is 19.8 Å². The highest BCUT2D eigenvalue weighted by Gasteiger charge is 2.34. The molecule has 1 atom stereocenters. The molecule has 1 amide bonds. The Kier molecular flexibility index (Phi) is 4.98. The third-order valence-corrected chi connectivity index (χ3v) is 4.39. The van der Waals surface area contributed by atoms with Crippen molar-refractivity contribution in [3.63, 3.8) is 0 Å². The molecular weight excluding hydrogens is 322 g/mol. The van der Waals surface area contributed by atoms with E-state index in [9.17, 15) is 9.90 Å². The molecule has 2 aromatic heterocycles. The van der Waals surface area contributed by atoms with E-state index in [1.807, 2.05) is 24.8 Å². The number of carbonyl (C=O) groups is 1. The maximum Gasteiger partial charge on any atom is 0.273 e. The SMILES string of the molecule is CCc1cc(C(=O)NC[C@@]2(O)CCCN(c3cc(C)ncn3)C2)no1. The Labute approximate surface area is 146 Å². The molecule has 0 unspecified atom stereocenters. The van der Waals surface area contributed by atoms with E-state index in [4.69, 9.17) is 4.52 Å². The average molecular weight is 345 g/mol. The lowest BCUT2D eigenvalue weighted by molar-refractivity contribution is 0.0253. The fourth-order valence-corrected chi connectivity index (χ4v) is 2.99. The predicted molar refractivity (Wildman–Crippen MR) is 91.4 cm³/mol. The minimum Gasteiger partial charge on any atom is -0.386 e. The van der Waals surface area contributed by atoms with Crippen molar-refractivity contribution >= 4 is 11.7 Å². The van der Waals surface area contributed by atoms with Gasteiger partial charge in [-0.25, -0.2) is 9.97 Å². The molecular formula is C17H23N5O3. The summed E-state index contributed by atoms with van der Waals surface area (Å²) in [6, 6.07) is 3.52. The van der Waals surface area contributed by atoms with E-state index < -0.39 is 5.60 Å². The summed E-state index contributed by atoms with van der Waals surface area (Å²) in [6.07, 6.45) is 3.64. The first kappa shape index (κ1) is 17.3. The molecule has 2 N–H and O–H groups in total. The van der Waals surface area contributed by atoms with Crippen LogP contribution in [0, 0.1) is 6.92 Å². The van der Waals surface area contributed by atoms with Crippen LogP contribution < -0.4 is 10.2 Å². The number of hydrogen-bond acceptors (Lipinski definition) is 7. The van der Waals surface area contributed by atoms with Gasteiger partial charge in [-0.1, -0.05) is 12.1 Å². The molecule has 0 bridgehead atoms. The van der Waals surface area contributed by atoms with E-state index in [2.05, 4.69) is 20.4 Å². The number of piperidine rings is 1. The lowest BCUT2D eigenvalue weighted by Gasteiger charge is -2.39. The second-order valence-electron chi connectivity index (χ2n) is 6.48. The molecule has 25 heavy (non-hydrogen) atoms. The number of aryl methyl sites for hydroxylation is 2. The lowest BCUT2D eigenvalue weighted by Crippen LogP contribution is -2.54. The van der Waals surface area contributed by atoms with Crippen LogP contribution in [-0.4, -0.2) is 51.4 Å². The Hall–Kier alpha value is -2.48. The Bertz CT molecular complexity index is 747. The molecule has 1 aliphatic rings. The van der Waals surface area contributed by atoms with Crippen molar-refractivity contribution in [1.29, 1.82) is 0 Å². The van der Waals surface area contributed by atoms with Gasteiger partial charge in [0.2, 0.25) is 0 Å². The van der Waals surface area contributed by atoms with Crippen LogP contribution in [-0.2, 0) is 6.42 Å². The highest BCUT2D eigenvalue weighted by molar-refractivity contribution is 5.92. The predicted octanol–water partition coefficient (Wildman–Crippen LogP) is 1.10. The van der Waals surface area contributed by atoms with E-state index in [1.54, 1.807) is 6.07 Å². The number of aromatic nitrogens is 3. The number of anilines is 1. The number of hydrogen-bond donors (Lipinski definition) is 2. The minimum atomic E-state index is -1.01. The number of aliphatic hydroxyl groups is 1. The molecule has 0 spiro atoms. The Morgan fingerprint density at radius 3 is 3.00 bits per heavy atom. The van der Waals surface area contributed by atoms with Crippen molar-refractivity contribution in [3.8, 4) is 0 Å². The molecule has 1 aliphatic heterocycles. The summed E-state index contributed by atoms with van der Waals surface area (Å²) in [5.74, 6) is 1.11. The summed E-state index contributed by atoms with van der Waals surface area (Å²) < 4.78 is 5.04. The smallest absolute Gasteiger partial charge is 0.273 e. The van der Waals surface area contributed by atoms with Gasteiger partial charge in [0.25, 0.3) is 5.91 Å². The molecule has 3 heterocycles. The van der Waals surface area contributed by atoms with E-state index in [1.165, 1.54) is 6.33 Å². The fourth-order valence-electron chi connectivity index (χ4n) is 2.99. The maximum absolute atomic E-state index is 12.2. The van der Waals surface area contributed by atoms with Crippen molar-refractivity contribution in [1.82, 2.24) is 20.4 Å². The molecule has 0 saturated carbocycles. The van der Waals surface area contributed by atoms with Crippen molar-refractivity contribution < 1.29 is 14.4 Å². The first-order valence-electron chi connectivity index (χ1n) is 8.49. The second-order valence-corrected chi connectivity index (χ2v) is 6.48. The van der Waals surface area contributed by atoms with Gasteiger partial charge in [0.05, 0.1) is 5.60 Å². The number of nitrogens with one attached hydrogen (secondary N) is 1. The van der Waals surface area contributed by atoms with Gasteiger partial charge in [-0.3, -0.25) is 4.79 Å². The number of β-amino-alcohol motifs (C(OH)–C–C–N with tert-alkyl or cyclic N) is 1. The van der Waals surface area contributed by atoms with Crippen LogP contribution >= 0.6 is 0 Å². The summed E-state index contributed by atoms with van der Waals surface area (Å²) in [5, 5.41) is 17.4. The van der Waals surface area contributed by atoms with E-state index in [-0.39, 0.29) is 18.1 Å². The Morgan fingerprint density at radius 1 is 1.44 bits per heavy atom. The van der Waals surface area contributed by atoms with Crippen LogP contribution in [0.4, 0.5) is 5.82 Å². The molecule has 3 rings (SSSR count).